The second kappa shape index (κ2) is 9.30. The van der Waals surface area contributed by atoms with Crippen LogP contribution < -0.4 is 4.72 Å². The predicted octanol–water partition coefficient (Wildman–Crippen LogP) is 2.61. The van der Waals surface area contributed by atoms with Crippen LogP contribution in [0, 0.1) is 0 Å². The van der Waals surface area contributed by atoms with E-state index in [9.17, 15) is 22.8 Å². The highest BCUT2D eigenvalue weighted by molar-refractivity contribution is 7.92. The van der Waals surface area contributed by atoms with Gasteiger partial charge in [-0.15, -0.1) is 0 Å². The minimum absolute atomic E-state index is 0.135. The molecular weight excluding hydrogens is 420 g/mol. The van der Waals surface area contributed by atoms with Crippen LogP contribution in [0.4, 0.5) is 5.69 Å². The fraction of sp³-hybridized carbons (Fsp3) is 0.318. The number of ketones is 1. The summed E-state index contributed by atoms with van der Waals surface area (Å²) in [5.41, 5.74) is 1.85. The third kappa shape index (κ3) is 6.14. The number of rotatable bonds is 8. The summed E-state index contributed by atoms with van der Waals surface area (Å²) in [7, 11) is -3.41. The molecule has 1 amide bonds. The second-order valence-electron chi connectivity index (χ2n) is 7.48. The van der Waals surface area contributed by atoms with Crippen molar-refractivity contribution >= 4 is 33.4 Å². The molecular formula is C22H24N2O6S. The molecule has 0 unspecified atom stereocenters. The van der Waals surface area contributed by atoms with Gasteiger partial charge in [0.2, 0.25) is 21.7 Å². The number of anilines is 1. The molecule has 0 aliphatic carbocycles. The maximum Gasteiger partial charge on any atom is 0.338 e. The maximum absolute atomic E-state index is 12.5. The molecule has 1 aliphatic heterocycles. The van der Waals surface area contributed by atoms with Crippen molar-refractivity contribution in [2.75, 3.05) is 17.5 Å². The Bertz CT molecular complexity index is 1080. The molecule has 1 heterocycles. The monoisotopic (exact) mass is 444 g/mol. The van der Waals surface area contributed by atoms with Gasteiger partial charge in [-0.3, -0.25) is 14.3 Å². The van der Waals surface area contributed by atoms with Gasteiger partial charge in [0.25, 0.3) is 0 Å². The fourth-order valence-corrected chi connectivity index (χ4v) is 3.84. The molecule has 1 saturated heterocycles. The Kier molecular flexibility index (Phi) is 6.74. The molecule has 2 aromatic rings. The van der Waals surface area contributed by atoms with Crippen molar-refractivity contribution in [1.82, 2.24) is 4.90 Å². The molecule has 0 spiro atoms. The lowest BCUT2D eigenvalue weighted by Gasteiger charge is -2.16. The van der Waals surface area contributed by atoms with Crippen molar-refractivity contribution < 1.29 is 27.5 Å². The maximum atomic E-state index is 12.5. The average molecular weight is 445 g/mol. The van der Waals surface area contributed by atoms with Crippen LogP contribution >= 0.6 is 0 Å². The Balaban J connectivity index is 1.58. The molecule has 2 aromatic carbocycles. The van der Waals surface area contributed by atoms with Gasteiger partial charge in [-0.2, -0.15) is 0 Å². The summed E-state index contributed by atoms with van der Waals surface area (Å²) in [6.07, 6.45) is 1.47. The van der Waals surface area contributed by atoms with Gasteiger partial charge >= 0.3 is 5.97 Å². The number of hydrogen-bond acceptors (Lipinski definition) is 6. The highest BCUT2D eigenvalue weighted by Gasteiger charge is 2.22. The molecule has 0 bridgehead atoms. The number of likely N-dealkylation sites (tertiary alicyclic amines) is 1. The van der Waals surface area contributed by atoms with Crippen LogP contribution in [-0.2, 0) is 26.1 Å². The molecule has 9 heteroatoms. The topological polar surface area (TPSA) is 110 Å². The Hall–Kier alpha value is -3.20. The number of carbonyl (C=O) groups excluding carboxylic acids is 3. The number of amides is 1. The quantitative estimate of drug-likeness (QED) is 0.495. The first kappa shape index (κ1) is 22.5. The zero-order valence-corrected chi connectivity index (χ0v) is 18.1. The van der Waals surface area contributed by atoms with Crippen LogP contribution in [0.5, 0.6) is 0 Å². The van der Waals surface area contributed by atoms with E-state index in [1.165, 1.54) is 31.2 Å². The number of benzene rings is 2. The SMILES string of the molecule is C[C@H](OC(=O)c1ccc(CN2CCCC2=O)cc1)C(=O)c1ccc(NS(C)(=O)=O)cc1. The molecule has 1 fully saturated rings. The number of ether oxygens (including phenoxy) is 1. The minimum Gasteiger partial charge on any atom is -0.451 e. The van der Waals surface area contributed by atoms with Gasteiger partial charge in [-0.05, 0) is 55.3 Å². The summed E-state index contributed by atoms with van der Waals surface area (Å²) in [6, 6.07) is 12.6. The van der Waals surface area contributed by atoms with Crippen LogP contribution in [0.3, 0.4) is 0 Å². The van der Waals surface area contributed by atoms with Gasteiger partial charge in [-0.25, -0.2) is 13.2 Å². The molecule has 0 radical (unpaired) electrons. The van der Waals surface area contributed by atoms with Crippen molar-refractivity contribution in [1.29, 1.82) is 0 Å². The first-order chi connectivity index (χ1) is 14.6. The summed E-state index contributed by atoms with van der Waals surface area (Å²) in [5.74, 6) is -0.889. The highest BCUT2D eigenvalue weighted by atomic mass is 32.2. The number of carbonyl (C=O) groups is 3. The summed E-state index contributed by atoms with van der Waals surface area (Å²) >= 11 is 0. The lowest BCUT2D eigenvalue weighted by atomic mass is 10.1. The van der Waals surface area contributed by atoms with E-state index in [1.807, 2.05) is 0 Å². The Morgan fingerprint density at radius 2 is 1.68 bits per heavy atom. The van der Waals surface area contributed by atoms with E-state index in [0.717, 1.165) is 24.8 Å². The van der Waals surface area contributed by atoms with Crippen molar-refractivity contribution in [3.8, 4) is 0 Å². The van der Waals surface area contributed by atoms with E-state index in [-0.39, 0.29) is 5.91 Å². The first-order valence-electron chi connectivity index (χ1n) is 9.82. The van der Waals surface area contributed by atoms with Crippen LogP contribution in [0.2, 0.25) is 0 Å². The molecule has 1 atom stereocenters. The largest absolute Gasteiger partial charge is 0.451 e. The van der Waals surface area contributed by atoms with Crippen molar-refractivity contribution in [2.24, 2.45) is 0 Å². The van der Waals surface area contributed by atoms with Gasteiger partial charge in [0, 0.05) is 30.8 Å². The van der Waals surface area contributed by atoms with Gasteiger partial charge < -0.3 is 9.64 Å². The molecule has 0 saturated carbocycles. The van der Waals surface area contributed by atoms with Gasteiger partial charge in [0.1, 0.15) is 0 Å². The lowest BCUT2D eigenvalue weighted by Crippen LogP contribution is -2.25. The van der Waals surface area contributed by atoms with Crippen LogP contribution in [-0.4, -0.2) is 49.9 Å². The van der Waals surface area contributed by atoms with Gasteiger partial charge in [-0.1, -0.05) is 12.1 Å². The fourth-order valence-electron chi connectivity index (χ4n) is 3.27. The standard InChI is InChI=1S/C22H24N2O6S/c1-15(21(26)17-9-11-19(12-10-17)23-31(2,28)29)30-22(27)18-7-5-16(6-8-18)14-24-13-3-4-20(24)25/h5-12,15,23H,3-4,13-14H2,1-2H3/t15-/m0/s1. The zero-order chi connectivity index (χ0) is 22.6. The summed E-state index contributed by atoms with van der Waals surface area (Å²) in [6.45, 7) is 2.73. The molecule has 1 N–H and O–H groups in total. The Morgan fingerprint density at radius 3 is 2.23 bits per heavy atom. The number of esters is 1. The molecule has 1 aliphatic rings. The third-order valence-corrected chi connectivity index (χ3v) is 5.47. The number of sulfonamides is 1. The number of nitrogens with one attached hydrogen (secondary N) is 1. The van der Waals surface area contributed by atoms with Crippen molar-refractivity contribution in [2.45, 2.75) is 32.4 Å². The third-order valence-electron chi connectivity index (χ3n) is 4.86. The van der Waals surface area contributed by atoms with E-state index >= 15 is 0 Å². The van der Waals surface area contributed by atoms with Crippen molar-refractivity contribution in [3.63, 3.8) is 0 Å². The molecule has 31 heavy (non-hydrogen) atoms. The highest BCUT2D eigenvalue weighted by Crippen LogP contribution is 2.17. The zero-order valence-electron chi connectivity index (χ0n) is 17.3. The lowest BCUT2D eigenvalue weighted by molar-refractivity contribution is -0.128. The Morgan fingerprint density at radius 1 is 1.06 bits per heavy atom. The normalized spacial score (nSPS) is 14.9. The van der Waals surface area contributed by atoms with Crippen molar-refractivity contribution in [3.05, 3.63) is 65.2 Å². The van der Waals surface area contributed by atoms with Crippen LogP contribution in [0.25, 0.3) is 0 Å². The number of Topliss-reactive ketones (excluding diaryl/α,β-unsaturated/α-hetero) is 1. The van der Waals surface area contributed by atoms with Gasteiger partial charge in [0.15, 0.2) is 6.10 Å². The van der Waals surface area contributed by atoms with E-state index in [4.69, 9.17) is 4.74 Å². The van der Waals surface area contributed by atoms with Gasteiger partial charge in [0.05, 0.1) is 11.8 Å². The van der Waals surface area contributed by atoms with Crippen LogP contribution in [0.15, 0.2) is 48.5 Å². The van der Waals surface area contributed by atoms with E-state index in [1.54, 1.807) is 29.2 Å². The molecule has 164 valence electrons. The molecule has 8 nitrogen and oxygen atoms in total. The molecule has 3 rings (SSSR count). The van der Waals surface area contributed by atoms with E-state index in [2.05, 4.69) is 4.72 Å². The van der Waals surface area contributed by atoms with E-state index < -0.39 is 27.9 Å². The van der Waals surface area contributed by atoms with E-state index in [0.29, 0.717) is 29.8 Å². The predicted molar refractivity (Wildman–Crippen MR) is 115 cm³/mol. The molecule has 0 aromatic heterocycles. The number of nitrogens with zero attached hydrogens (tertiary/aromatic N) is 1. The summed E-state index contributed by atoms with van der Waals surface area (Å²) in [5, 5.41) is 0. The smallest absolute Gasteiger partial charge is 0.338 e. The average Bonchev–Trinajstić information content (AvgIpc) is 3.11. The first-order valence-corrected chi connectivity index (χ1v) is 11.7. The van der Waals surface area contributed by atoms with Crippen LogP contribution in [0.1, 0.15) is 46.0 Å². The Labute approximate surface area is 181 Å². The minimum atomic E-state index is -3.41. The summed E-state index contributed by atoms with van der Waals surface area (Å²) in [4.78, 5) is 38.4. The second-order valence-corrected chi connectivity index (χ2v) is 9.23. The number of hydrogen-bond donors (Lipinski definition) is 1. The summed E-state index contributed by atoms with van der Waals surface area (Å²) < 4.78 is 30.1.